The molecule has 36 heavy (non-hydrogen) atoms. The van der Waals surface area contributed by atoms with Gasteiger partial charge in [0.1, 0.15) is 11.6 Å². The summed E-state index contributed by atoms with van der Waals surface area (Å²) in [7, 11) is 1.75. The topological polar surface area (TPSA) is 80.3 Å². The highest BCUT2D eigenvalue weighted by atomic mass is 35.5. The highest BCUT2D eigenvalue weighted by Crippen LogP contribution is 2.31. The van der Waals surface area contributed by atoms with Crippen molar-refractivity contribution in [3.8, 4) is 11.3 Å². The molecule has 2 fully saturated rings. The SMILES string of the molecule is COC[C@@H](C)NC1CCC(Nc2cc(-c3cccc(NC[C@H]4CCOC(C)(C)C4)n3)c(Cl)cn2)CC1. The molecule has 0 radical (unpaired) electrons. The predicted octanol–water partition coefficient (Wildman–Crippen LogP) is 5.76. The number of methoxy groups -OCH3 is 1. The van der Waals surface area contributed by atoms with E-state index in [1.807, 2.05) is 24.3 Å². The summed E-state index contributed by atoms with van der Waals surface area (Å²) in [4.78, 5) is 9.42. The minimum atomic E-state index is -0.0496. The van der Waals surface area contributed by atoms with Crippen molar-refractivity contribution in [2.75, 3.05) is 37.5 Å². The van der Waals surface area contributed by atoms with Gasteiger partial charge in [-0.15, -0.1) is 0 Å². The fourth-order valence-electron chi connectivity index (χ4n) is 5.49. The molecule has 4 rings (SSSR count). The lowest BCUT2D eigenvalue weighted by atomic mass is 9.88. The van der Waals surface area contributed by atoms with Crippen molar-refractivity contribution >= 4 is 23.2 Å². The number of hydrogen-bond acceptors (Lipinski definition) is 7. The third kappa shape index (κ3) is 7.78. The van der Waals surface area contributed by atoms with Gasteiger partial charge in [-0.1, -0.05) is 17.7 Å². The van der Waals surface area contributed by atoms with E-state index in [1.54, 1.807) is 13.3 Å². The van der Waals surface area contributed by atoms with Gasteiger partial charge in [0, 0.05) is 50.1 Å². The van der Waals surface area contributed by atoms with Crippen molar-refractivity contribution in [3.05, 3.63) is 35.5 Å². The molecule has 1 saturated heterocycles. The van der Waals surface area contributed by atoms with Crippen molar-refractivity contribution in [1.29, 1.82) is 0 Å². The van der Waals surface area contributed by atoms with E-state index < -0.39 is 0 Å². The van der Waals surface area contributed by atoms with Crippen LogP contribution in [0.4, 0.5) is 11.6 Å². The maximum atomic E-state index is 6.57. The molecule has 0 bridgehead atoms. The van der Waals surface area contributed by atoms with Gasteiger partial charge in [0.15, 0.2) is 0 Å². The monoisotopic (exact) mass is 515 g/mol. The van der Waals surface area contributed by atoms with Gasteiger partial charge < -0.3 is 25.4 Å². The summed E-state index contributed by atoms with van der Waals surface area (Å²) >= 11 is 6.57. The Bertz CT molecular complexity index is 980. The molecule has 8 heteroatoms. The Labute approximate surface area is 221 Å². The van der Waals surface area contributed by atoms with Gasteiger partial charge in [-0.3, -0.25) is 0 Å². The molecule has 2 aliphatic rings. The van der Waals surface area contributed by atoms with Crippen molar-refractivity contribution < 1.29 is 9.47 Å². The minimum Gasteiger partial charge on any atom is -0.383 e. The van der Waals surface area contributed by atoms with Gasteiger partial charge in [0.2, 0.25) is 0 Å². The molecule has 0 unspecified atom stereocenters. The molecular formula is C28H42ClN5O2. The molecule has 2 aromatic rings. The second kappa shape index (κ2) is 12.5. The summed E-state index contributed by atoms with van der Waals surface area (Å²) in [6.45, 7) is 8.97. The van der Waals surface area contributed by atoms with Crippen LogP contribution in [0.1, 0.15) is 59.3 Å². The number of halogens is 1. The van der Waals surface area contributed by atoms with Crippen LogP contribution < -0.4 is 16.0 Å². The van der Waals surface area contributed by atoms with Crippen LogP contribution in [0.15, 0.2) is 30.5 Å². The third-order valence-corrected chi connectivity index (χ3v) is 7.57. The maximum absolute atomic E-state index is 6.57. The van der Waals surface area contributed by atoms with Crippen LogP contribution in [0.5, 0.6) is 0 Å². The summed E-state index contributed by atoms with van der Waals surface area (Å²) in [6, 6.07) is 9.42. The molecule has 0 amide bonds. The first kappa shape index (κ1) is 27.1. The van der Waals surface area contributed by atoms with E-state index in [4.69, 9.17) is 26.1 Å². The smallest absolute Gasteiger partial charge is 0.126 e. The average Bonchev–Trinajstić information content (AvgIpc) is 2.85. The van der Waals surface area contributed by atoms with E-state index in [0.29, 0.717) is 29.1 Å². The molecule has 1 aliphatic carbocycles. The first-order valence-corrected chi connectivity index (χ1v) is 13.7. The van der Waals surface area contributed by atoms with E-state index in [9.17, 15) is 0 Å². The summed E-state index contributed by atoms with van der Waals surface area (Å²) in [6.07, 6.45) is 8.36. The van der Waals surface area contributed by atoms with Crippen molar-refractivity contribution in [2.45, 2.75) is 83.0 Å². The Hall–Kier alpha value is -1.93. The number of aromatic nitrogens is 2. The lowest BCUT2D eigenvalue weighted by Crippen LogP contribution is -2.42. The fraction of sp³-hybridized carbons (Fsp3) is 0.643. The summed E-state index contributed by atoms with van der Waals surface area (Å²) in [5, 5.41) is 11.4. The Balaban J connectivity index is 1.34. The quantitative estimate of drug-likeness (QED) is 0.371. The Morgan fingerprint density at radius 2 is 1.92 bits per heavy atom. The maximum Gasteiger partial charge on any atom is 0.126 e. The lowest BCUT2D eigenvalue weighted by Gasteiger charge is -2.35. The summed E-state index contributed by atoms with van der Waals surface area (Å²) < 4.78 is 11.1. The van der Waals surface area contributed by atoms with E-state index in [-0.39, 0.29) is 5.60 Å². The van der Waals surface area contributed by atoms with Crippen molar-refractivity contribution in [1.82, 2.24) is 15.3 Å². The van der Waals surface area contributed by atoms with Crippen LogP contribution in [0.25, 0.3) is 11.3 Å². The van der Waals surface area contributed by atoms with Crippen molar-refractivity contribution in [3.63, 3.8) is 0 Å². The Morgan fingerprint density at radius 3 is 2.67 bits per heavy atom. The Morgan fingerprint density at radius 1 is 1.14 bits per heavy atom. The Kier molecular flexibility index (Phi) is 9.45. The number of nitrogens with zero attached hydrogens (tertiary/aromatic N) is 2. The van der Waals surface area contributed by atoms with E-state index in [1.165, 1.54) is 0 Å². The molecule has 1 saturated carbocycles. The highest BCUT2D eigenvalue weighted by molar-refractivity contribution is 6.33. The second-order valence-corrected chi connectivity index (χ2v) is 11.4. The van der Waals surface area contributed by atoms with Crippen LogP contribution in [-0.4, -0.2) is 60.6 Å². The first-order valence-electron chi connectivity index (χ1n) is 13.3. The van der Waals surface area contributed by atoms with E-state index in [2.05, 4.69) is 41.7 Å². The van der Waals surface area contributed by atoms with Crippen LogP contribution in [0, 0.1) is 5.92 Å². The number of pyridine rings is 2. The summed E-state index contributed by atoms with van der Waals surface area (Å²) in [5.41, 5.74) is 1.70. The molecule has 198 valence electrons. The normalized spacial score (nSPS) is 24.8. The number of nitrogens with one attached hydrogen (secondary N) is 3. The number of rotatable bonds is 10. The second-order valence-electron chi connectivity index (χ2n) is 11.0. The zero-order valence-corrected chi connectivity index (χ0v) is 22.9. The van der Waals surface area contributed by atoms with Gasteiger partial charge in [-0.25, -0.2) is 9.97 Å². The molecule has 3 N–H and O–H groups in total. The molecule has 0 spiro atoms. The van der Waals surface area contributed by atoms with Crippen LogP contribution >= 0.6 is 11.6 Å². The van der Waals surface area contributed by atoms with Crippen LogP contribution in [-0.2, 0) is 9.47 Å². The minimum absolute atomic E-state index is 0.0496. The van der Waals surface area contributed by atoms with Gasteiger partial charge in [-0.2, -0.15) is 0 Å². The predicted molar refractivity (Wildman–Crippen MR) is 148 cm³/mol. The average molecular weight is 516 g/mol. The van der Waals surface area contributed by atoms with E-state index in [0.717, 1.165) is 81.2 Å². The summed E-state index contributed by atoms with van der Waals surface area (Å²) in [5.74, 6) is 2.30. The zero-order valence-electron chi connectivity index (χ0n) is 22.1. The van der Waals surface area contributed by atoms with Gasteiger partial charge in [0.05, 0.1) is 22.9 Å². The highest BCUT2D eigenvalue weighted by Gasteiger charge is 2.28. The first-order chi connectivity index (χ1) is 17.3. The van der Waals surface area contributed by atoms with Gasteiger partial charge in [-0.05, 0) is 83.4 Å². The number of anilines is 2. The largest absolute Gasteiger partial charge is 0.383 e. The van der Waals surface area contributed by atoms with Crippen molar-refractivity contribution in [2.24, 2.45) is 5.92 Å². The number of ether oxygens (including phenoxy) is 2. The molecule has 2 atom stereocenters. The molecular weight excluding hydrogens is 474 g/mol. The molecule has 0 aromatic carbocycles. The lowest BCUT2D eigenvalue weighted by molar-refractivity contribution is -0.0699. The molecule has 7 nitrogen and oxygen atoms in total. The molecule has 3 heterocycles. The number of hydrogen-bond donors (Lipinski definition) is 3. The standard InChI is InChI=1S/C28H42ClN5O2/c1-19(18-35-4)32-21-8-10-22(11-9-21)33-27-14-23(24(29)17-31-27)25-6-5-7-26(34-25)30-16-20-12-13-36-28(2,3)15-20/h5-7,14,17,19-22,32H,8-13,15-16,18H2,1-4H3,(H,30,34)(H,31,33)/t19-,20+,21?,22?/m1/s1. The van der Waals surface area contributed by atoms with Crippen LogP contribution in [0.3, 0.4) is 0 Å². The molecule has 2 aromatic heterocycles. The molecule has 1 aliphatic heterocycles. The zero-order chi connectivity index (χ0) is 25.5. The fourth-order valence-corrected chi connectivity index (χ4v) is 5.69. The third-order valence-electron chi connectivity index (χ3n) is 7.27. The van der Waals surface area contributed by atoms with E-state index >= 15 is 0 Å². The van der Waals surface area contributed by atoms with Gasteiger partial charge in [0.25, 0.3) is 0 Å². The van der Waals surface area contributed by atoms with Gasteiger partial charge >= 0.3 is 0 Å². The van der Waals surface area contributed by atoms with Crippen LogP contribution in [0.2, 0.25) is 5.02 Å².